The van der Waals surface area contributed by atoms with Crippen molar-refractivity contribution >= 4 is 16.9 Å². The SMILES string of the molecule is COc1ccc(-c2coc3cc(OC(=O)[C@@H](C)[NH3+])ccc3c2=O)cc1. The molecule has 0 fully saturated rings. The molecule has 0 unspecified atom stereocenters. The number of hydrogen-bond donors (Lipinski definition) is 1. The highest BCUT2D eigenvalue weighted by Crippen LogP contribution is 2.24. The lowest BCUT2D eigenvalue weighted by atomic mass is 10.1. The lowest BCUT2D eigenvalue weighted by Gasteiger charge is -2.07. The molecule has 6 nitrogen and oxygen atoms in total. The van der Waals surface area contributed by atoms with E-state index in [9.17, 15) is 9.59 Å². The van der Waals surface area contributed by atoms with Gasteiger partial charge in [-0.05, 0) is 36.8 Å². The lowest BCUT2D eigenvalue weighted by molar-refractivity contribution is -0.401. The van der Waals surface area contributed by atoms with Crippen LogP contribution in [-0.2, 0) is 4.79 Å². The minimum absolute atomic E-state index is 0.158. The summed E-state index contributed by atoms with van der Waals surface area (Å²) in [6.07, 6.45) is 1.40. The van der Waals surface area contributed by atoms with E-state index in [2.05, 4.69) is 5.73 Å². The highest BCUT2D eigenvalue weighted by Gasteiger charge is 2.15. The summed E-state index contributed by atoms with van der Waals surface area (Å²) in [5.41, 5.74) is 4.99. The van der Waals surface area contributed by atoms with Crippen molar-refractivity contribution in [2.45, 2.75) is 13.0 Å². The number of quaternary nitrogens is 1. The van der Waals surface area contributed by atoms with Crippen LogP contribution in [0.4, 0.5) is 0 Å². The van der Waals surface area contributed by atoms with Gasteiger partial charge in [-0.15, -0.1) is 0 Å². The van der Waals surface area contributed by atoms with E-state index in [4.69, 9.17) is 13.9 Å². The van der Waals surface area contributed by atoms with Gasteiger partial charge in [0.1, 0.15) is 23.3 Å². The van der Waals surface area contributed by atoms with E-state index in [0.29, 0.717) is 28.0 Å². The topological polar surface area (TPSA) is 93.4 Å². The van der Waals surface area contributed by atoms with E-state index in [0.717, 1.165) is 5.56 Å². The Balaban J connectivity index is 2.00. The zero-order valence-electron chi connectivity index (χ0n) is 13.9. The van der Waals surface area contributed by atoms with E-state index in [1.165, 1.54) is 12.3 Å². The molecule has 0 radical (unpaired) electrons. The van der Waals surface area contributed by atoms with Crippen molar-refractivity contribution in [2.24, 2.45) is 0 Å². The Labute approximate surface area is 143 Å². The summed E-state index contributed by atoms with van der Waals surface area (Å²) >= 11 is 0. The maximum atomic E-state index is 12.7. The number of hydrogen-bond acceptors (Lipinski definition) is 5. The van der Waals surface area contributed by atoms with Gasteiger partial charge in [-0.2, -0.15) is 0 Å². The summed E-state index contributed by atoms with van der Waals surface area (Å²) in [5, 5.41) is 0.413. The van der Waals surface area contributed by atoms with Crippen LogP contribution in [0.5, 0.6) is 11.5 Å². The van der Waals surface area contributed by atoms with Crippen LogP contribution in [0.25, 0.3) is 22.1 Å². The molecule has 1 aromatic heterocycles. The molecule has 0 bridgehead atoms. The number of carbonyl (C=O) groups excluding carboxylic acids is 1. The van der Waals surface area contributed by atoms with Crippen molar-refractivity contribution in [1.82, 2.24) is 0 Å². The van der Waals surface area contributed by atoms with Crippen LogP contribution >= 0.6 is 0 Å². The number of rotatable bonds is 4. The second-order valence-corrected chi connectivity index (χ2v) is 5.69. The lowest BCUT2D eigenvalue weighted by Crippen LogP contribution is -2.64. The van der Waals surface area contributed by atoms with Crippen molar-refractivity contribution in [1.29, 1.82) is 0 Å². The van der Waals surface area contributed by atoms with Crippen LogP contribution < -0.4 is 20.6 Å². The number of fused-ring (bicyclic) bond motifs is 1. The molecule has 6 heteroatoms. The normalized spacial score (nSPS) is 12.0. The fraction of sp³-hybridized carbons (Fsp3) is 0.158. The third-order valence-corrected chi connectivity index (χ3v) is 3.77. The molecule has 2 aromatic carbocycles. The third-order valence-electron chi connectivity index (χ3n) is 3.77. The average molecular weight is 340 g/mol. The smallest absolute Gasteiger partial charge is 0.369 e. The van der Waals surface area contributed by atoms with Crippen LogP contribution in [0, 0.1) is 0 Å². The minimum atomic E-state index is -0.486. The monoisotopic (exact) mass is 340 g/mol. The van der Waals surface area contributed by atoms with Crippen LogP contribution in [0.1, 0.15) is 6.92 Å². The average Bonchev–Trinajstić information content (AvgIpc) is 2.62. The van der Waals surface area contributed by atoms with E-state index in [-0.39, 0.29) is 5.43 Å². The molecule has 3 N–H and O–H groups in total. The predicted molar refractivity (Wildman–Crippen MR) is 92.5 cm³/mol. The maximum Gasteiger partial charge on any atom is 0.369 e. The molecule has 0 aliphatic rings. The highest BCUT2D eigenvalue weighted by atomic mass is 16.5. The van der Waals surface area contributed by atoms with Crippen LogP contribution in [-0.4, -0.2) is 19.1 Å². The molecular formula is C19H18NO5+. The fourth-order valence-electron chi connectivity index (χ4n) is 2.36. The summed E-state index contributed by atoms with van der Waals surface area (Å²) in [6.45, 7) is 1.64. The summed E-state index contributed by atoms with van der Waals surface area (Å²) in [4.78, 5) is 24.3. The van der Waals surface area contributed by atoms with E-state index < -0.39 is 12.0 Å². The molecule has 1 heterocycles. The molecule has 0 spiro atoms. The summed E-state index contributed by atoms with van der Waals surface area (Å²) < 4.78 is 15.9. The van der Waals surface area contributed by atoms with Gasteiger partial charge < -0.3 is 19.6 Å². The standard InChI is InChI=1S/C19H17NO5/c1-11(20)19(22)25-14-7-8-15-17(9-14)24-10-16(18(15)21)12-3-5-13(23-2)6-4-12/h3-11H,20H2,1-2H3/p+1/t11-/m1/s1. The Morgan fingerprint density at radius 3 is 2.44 bits per heavy atom. The number of methoxy groups -OCH3 is 1. The quantitative estimate of drug-likeness (QED) is 0.579. The van der Waals surface area contributed by atoms with Crippen molar-refractivity contribution in [3.8, 4) is 22.6 Å². The minimum Gasteiger partial charge on any atom is -0.497 e. The predicted octanol–water partition coefficient (Wildman–Crippen LogP) is 2.00. The zero-order valence-corrected chi connectivity index (χ0v) is 13.9. The van der Waals surface area contributed by atoms with Gasteiger partial charge in [0.25, 0.3) is 0 Å². The van der Waals surface area contributed by atoms with Gasteiger partial charge in [0, 0.05) is 6.07 Å². The Kier molecular flexibility index (Phi) is 4.54. The number of carbonyl (C=O) groups is 1. The first-order chi connectivity index (χ1) is 12.0. The van der Waals surface area contributed by atoms with Gasteiger partial charge >= 0.3 is 5.97 Å². The number of ether oxygens (including phenoxy) is 2. The highest BCUT2D eigenvalue weighted by molar-refractivity contribution is 5.84. The molecule has 0 saturated carbocycles. The van der Waals surface area contributed by atoms with Gasteiger partial charge in [0.05, 0.1) is 18.1 Å². The Morgan fingerprint density at radius 2 is 1.80 bits per heavy atom. The zero-order chi connectivity index (χ0) is 18.0. The Hall–Kier alpha value is -3.12. The first-order valence-electron chi connectivity index (χ1n) is 7.74. The number of esters is 1. The molecule has 1 atom stereocenters. The summed E-state index contributed by atoms with van der Waals surface area (Å²) in [7, 11) is 1.58. The molecular weight excluding hydrogens is 322 g/mol. The van der Waals surface area contributed by atoms with Gasteiger partial charge in [-0.1, -0.05) is 12.1 Å². The Morgan fingerprint density at radius 1 is 1.12 bits per heavy atom. The van der Waals surface area contributed by atoms with Crippen LogP contribution in [0.15, 0.2) is 57.9 Å². The van der Waals surface area contributed by atoms with Gasteiger partial charge in [-0.25, -0.2) is 4.79 Å². The fourth-order valence-corrected chi connectivity index (χ4v) is 2.36. The summed E-state index contributed by atoms with van der Waals surface area (Å²) in [6, 6.07) is 11.3. The summed E-state index contributed by atoms with van der Waals surface area (Å²) in [5.74, 6) is 0.574. The van der Waals surface area contributed by atoms with Crippen LogP contribution in [0.2, 0.25) is 0 Å². The molecule has 0 saturated heterocycles. The second kappa shape index (κ2) is 6.78. The third kappa shape index (κ3) is 3.39. The second-order valence-electron chi connectivity index (χ2n) is 5.69. The maximum absolute atomic E-state index is 12.7. The van der Waals surface area contributed by atoms with Crippen molar-refractivity contribution in [3.63, 3.8) is 0 Å². The van der Waals surface area contributed by atoms with Crippen molar-refractivity contribution in [2.75, 3.05) is 7.11 Å². The molecule has 3 rings (SSSR count). The van der Waals surface area contributed by atoms with E-state index >= 15 is 0 Å². The van der Waals surface area contributed by atoms with Crippen molar-refractivity contribution < 1.29 is 24.4 Å². The molecule has 25 heavy (non-hydrogen) atoms. The van der Waals surface area contributed by atoms with Gasteiger partial charge in [-0.3, -0.25) is 4.79 Å². The molecule has 0 aliphatic carbocycles. The first kappa shape index (κ1) is 16.7. The molecule has 0 amide bonds. The van der Waals surface area contributed by atoms with Gasteiger partial charge in [0.2, 0.25) is 0 Å². The largest absolute Gasteiger partial charge is 0.497 e. The number of benzene rings is 2. The van der Waals surface area contributed by atoms with Gasteiger partial charge in [0.15, 0.2) is 11.5 Å². The van der Waals surface area contributed by atoms with E-state index in [1.54, 1.807) is 50.4 Å². The molecule has 128 valence electrons. The van der Waals surface area contributed by atoms with Crippen molar-refractivity contribution in [3.05, 3.63) is 59.0 Å². The van der Waals surface area contributed by atoms with E-state index in [1.807, 2.05) is 0 Å². The Bertz CT molecular complexity index is 973. The molecule has 3 aromatic rings. The van der Waals surface area contributed by atoms with Crippen LogP contribution in [0.3, 0.4) is 0 Å². The first-order valence-corrected chi connectivity index (χ1v) is 7.74. The molecule has 0 aliphatic heterocycles.